The lowest BCUT2D eigenvalue weighted by atomic mass is 9.95. The van der Waals surface area contributed by atoms with Crippen LogP contribution in [0.5, 0.6) is 11.5 Å². The highest BCUT2D eigenvalue weighted by Crippen LogP contribution is 2.40. The van der Waals surface area contributed by atoms with Gasteiger partial charge in [0.15, 0.2) is 0 Å². The van der Waals surface area contributed by atoms with Crippen molar-refractivity contribution < 1.29 is 24.2 Å². The zero-order chi connectivity index (χ0) is 29.5. The molecule has 4 aromatic rings. The number of benzene rings is 3. The molecule has 0 aliphatic carbocycles. The molecule has 1 saturated heterocycles. The summed E-state index contributed by atoms with van der Waals surface area (Å²) in [6.45, 7) is 6.06. The normalized spacial score (nSPS) is 16.1. The Bertz CT molecular complexity index is 1540. The molecule has 42 heavy (non-hydrogen) atoms. The number of carbonyl (C=O) groups is 2. The van der Waals surface area contributed by atoms with Gasteiger partial charge in [-0.15, -0.1) is 0 Å². The van der Waals surface area contributed by atoms with Gasteiger partial charge in [0.1, 0.15) is 23.9 Å². The van der Waals surface area contributed by atoms with E-state index in [1.165, 1.54) is 0 Å². The minimum absolute atomic E-state index is 0.0680. The summed E-state index contributed by atoms with van der Waals surface area (Å²) in [6, 6.07) is 21.6. The number of imidazole rings is 1. The minimum Gasteiger partial charge on any atom is -0.507 e. The van der Waals surface area contributed by atoms with Crippen LogP contribution in [0.3, 0.4) is 0 Å². The lowest BCUT2D eigenvalue weighted by molar-refractivity contribution is -0.139. The van der Waals surface area contributed by atoms with E-state index in [0.717, 1.165) is 23.1 Å². The summed E-state index contributed by atoms with van der Waals surface area (Å²) in [6.07, 6.45) is 6.77. The molecule has 1 aromatic heterocycles. The number of aliphatic hydroxyl groups is 1. The number of ether oxygens (including phenoxy) is 2. The third kappa shape index (κ3) is 6.38. The second kappa shape index (κ2) is 13.2. The molecule has 0 saturated carbocycles. The van der Waals surface area contributed by atoms with Gasteiger partial charge in [-0.3, -0.25) is 9.59 Å². The molecule has 2 heterocycles. The number of aromatic nitrogens is 2. The fraction of sp³-hybridized carbons (Fsp3) is 0.265. The van der Waals surface area contributed by atoms with Gasteiger partial charge < -0.3 is 24.0 Å². The molecule has 1 N–H and O–H groups in total. The first-order valence-corrected chi connectivity index (χ1v) is 14.2. The van der Waals surface area contributed by atoms with E-state index >= 15 is 0 Å². The number of Topliss-reactive ketones (excluding diaryl/α,β-unsaturated/α-hetero) is 1. The first-order valence-electron chi connectivity index (χ1n) is 14.2. The number of amides is 1. The number of hydrogen-bond acceptors (Lipinski definition) is 6. The highest BCUT2D eigenvalue weighted by Gasteiger charge is 2.45. The molecule has 1 aliphatic rings. The lowest BCUT2D eigenvalue weighted by Crippen LogP contribution is -2.31. The van der Waals surface area contributed by atoms with Crippen LogP contribution in [0.15, 0.2) is 97.1 Å². The van der Waals surface area contributed by atoms with Crippen LogP contribution < -0.4 is 9.47 Å². The molecule has 0 radical (unpaired) electrons. The zero-order valence-electron chi connectivity index (χ0n) is 23.9. The van der Waals surface area contributed by atoms with Crippen molar-refractivity contribution in [2.45, 2.75) is 45.9 Å². The molecule has 0 bridgehead atoms. The zero-order valence-corrected chi connectivity index (χ0v) is 23.9. The smallest absolute Gasteiger partial charge is 0.295 e. The number of likely N-dealkylation sites (tertiary alicyclic amines) is 1. The Balaban J connectivity index is 1.41. The summed E-state index contributed by atoms with van der Waals surface area (Å²) in [5, 5.41) is 11.4. The Morgan fingerprint density at radius 2 is 1.64 bits per heavy atom. The lowest BCUT2D eigenvalue weighted by Gasteiger charge is -2.25. The van der Waals surface area contributed by atoms with Crippen LogP contribution in [0.2, 0.25) is 0 Å². The van der Waals surface area contributed by atoms with E-state index in [1.807, 2.05) is 73.1 Å². The van der Waals surface area contributed by atoms with Crippen molar-refractivity contribution >= 4 is 17.4 Å². The van der Waals surface area contributed by atoms with E-state index in [-0.39, 0.29) is 11.3 Å². The molecule has 8 nitrogen and oxygen atoms in total. The van der Waals surface area contributed by atoms with E-state index in [4.69, 9.17) is 9.47 Å². The fourth-order valence-corrected chi connectivity index (χ4v) is 5.06. The van der Waals surface area contributed by atoms with E-state index in [2.05, 4.69) is 4.98 Å². The van der Waals surface area contributed by atoms with Gasteiger partial charge in [-0.25, -0.2) is 4.98 Å². The Hall–Kier alpha value is -4.85. The Kier molecular flexibility index (Phi) is 9.02. The van der Waals surface area contributed by atoms with Crippen molar-refractivity contribution in [3.63, 3.8) is 0 Å². The Morgan fingerprint density at radius 1 is 0.929 bits per heavy atom. The van der Waals surface area contributed by atoms with Gasteiger partial charge in [0.25, 0.3) is 11.7 Å². The predicted octanol–water partition coefficient (Wildman–Crippen LogP) is 6.07. The SMILES string of the molecule is CCCOc1ccc(C2/C(=C(\O)c3ccc(OCc4ccccc4C)cc3)C(=O)C(=O)N2CCCn2ccnc2)cc1. The van der Waals surface area contributed by atoms with Crippen LogP contribution in [0.4, 0.5) is 0 Å². The number of nitrogens with zero attached hydrogens (tertiary/aromatic N) is 3. The minimum atomic E-state index is -0.731. The van der Waals surface area contributed by atoms with Crippen molar-refractivity contribution in [1.82, 2.24) is 14.5 Å². The maximum atomic E-state index is 13.4. The monoisotopic (exact) mass is 565 g/mol. The first-order chi connectivity index (χ1) is 20.5. The summed E-state index contributed by atoms with van der Waals surface area (Å²) in [5.41, 5.74) is 3.46. The summed E-state index contributed by atoms with van der Waals surface area (Å²) in [4.78, 5) is 32.3. The van der Waals surface area contributed by atoms with Crippen molar-refractivity contribution in [3.05, 3.63) is 119 Å². The third-order valence-corrected chi connectivity index (χ3v) is 7.37. The van der Waals surface area contributed by atoms with E-state index < -0.39 is 17.7 Å². The highest BCUT2D eigenvalue weighted by molar-refractivity contribution is 6.46. The molecule has 1 unspecified atom stereocenters. The molecule has 5 rings (SSSR count). The van der Waals surface area contributed by atoms with Gasteiger partial charge in [-0.1, -0.05) is 43.3 Å². The largest absolute Gasteiger partial charge is 0.507 e. The number of aliphatic hydroxyl groups excluding tert-OH is 1. The number of hydrogen-bond donors (Lipinski definition) is 1. The molecule has 1 atom stereocenters. The summed E-state index contributed by atoms with van der Waals surface area (Å²) < 4.78 is 13.6. The fourth-order valence-electron chi connectivity index (χ4n) is 5.06. The van der Waals surface area contributed by atoms with Crippen molar-refractivity contribution in [2.24, 2.45) is 0 Å². The highest BCUT2D eigenvalue weighted by atomic mass is 16.5. The van der Waals surface area contributed by atoms with Gasteiger partial charge >= 0.3 is 0 Å². The second-order valence-corrected chi connectivity index (χ2v) is 10.3. The average molecular weight is 566 g/mol. The quantitative estimate of drug-likeness (QED) is 0.127. The number of aryl methyl sites for hydroxylation is 2. The van der Waals surface area contributed by atoms with E-state index in [1.54, 1.807) is 41.7 Å². The van der Waals surface area contributed by atoms with Gasteiger partial charge in [-0.2, -0.15) is 0 Å². The van der Waals surface area contributed by atoms with Gasteiger partial charge in [0.2, 0.25) is 0 Å². The summed E-state index contributed by atoms with van der Waals surface area (Å²) in [7, 11) is 0. The standard InChI is InChI=1S/C34H35N3O5/c1-3-21-41-28-13-9-25(10-14-28)31-30(33(39)34(40)37(31)19-6-18-36-20-17-35-23-36)32(38)26-11-15-29(16-12-26)42-22-27-8-5-4-7-24(27)2/h4-5,7-17,20,23,31,38H,3,6,18-19,21-22H2,1-2H3/b32-30+. The summed E-state index contributed by atoms with van der Waals surface area (Å²) >= 11 is 0. The second-order valence-electron chi connectivity index (χ2n) is 10.3. The van der Waals surface area contributed by atoms with Crippen LogP contribution >= 0.6 is 0 Å². The molecule has 1 amide bonds. The van der Waals surface area contributed by atoms with E-state index in [9.17, 15) is 14.7 Å². The molecule has 1 fully saturated rings. The van der Waals surface area contributed by atoms with Crippen LogP contribution in [-0.2, 0) is 22.7 Å². The van der Waals surface area contributed by atoms with Crippen LogP contribution in [-0.4, -0.2) is 44.4 Å². The predicted molar refractivity (Wildman–Crippen MR) is 160 cm³/mol. The molecule has 3 aromatic carbocycles. The first kappa shape index (κ1) is 28.7. The molecule has 0 spiro atoms. The molecule has 216 valence electrons. The Labute approximate surface area is 245 Å². The number of rotatable bonds is 12. The average Bonchev–Trinajstić information content (AvgIpc) is 3.62. The molecule has 1 aliphatic heterocycles. The van der Waals surface area contributed by atoms with Crippen molar-refractivity contribution in [3.8, 4) is 11.5 Å². The van der Waals surface area contributed by atoms with Crippen LogP contribution in [0.25, 0.3) is 5.76 Å². The third-order valence-electron chi connectivity index (χ3n) is 7.37. The molecular weight excluding hydrogens is 530 g/mol. The topological polar surface area (TPSA) is 93.9 Å². The number of ketones is 1. The van der Waals surface area contributed by atoms with Crippen LogP contribution in [0.1, 0.15) is 48.1 Å². The van der Waals surface area contributed by atoms with Gasteiger partial charge in [0.05, 0.1) is 24.5 Å². The Morgan fingerprint density at radius 3 is 2.33 bits per heavy atom. The van der Waals surface area contributed by atoms with Crippen LogP contribution in [0, 0.1) is 6.92 Å². The number of carbonyl (C=O) groups excluding carboxylic acids is 2. The summed E-state index contributed by atoms with van der Waals surface area (Å²) in [5.74, 6) is -0.205. The van der Waals surface area contributed by atoms with Gasteiger partial charge in [-0.05, 0) is 72.9 Å². The van der Waals surface area contributed by atoms with Crippen molar-refractivity contribution in [2.75, 3.05) is 13.2 Å². The van der Waals surface area contributed by atoms with Gasteiger partial charge in [0, 0.05) is 31.0 Å². The molecular formula is C34H35N3O5. The van der Waals surface area contributed by atoms with Crippen molar-refractivity contribution in [1.29, 1.82) is 0 Å². The molecule has 8 heteroatoms. The maximum absolute atomic E-state index is 13.4. The maximum Gasteiger partial charge on any atom is 0.295 e. The van der Waals surface area contributed by atoms with E-state index in [0.29, 0.717) is 49.8 Å².